The summed E-state index contributed by atoms with van der Waals surface area (Å²) < 4.78 is 0. The molecule has 0 fully saturated rings. The van der Waals surface area contributed by atoms with E-state index in [9.17, 15) is 4.79 Å². The summed E-state index contributed by atoms with van der Waals surface area (Å²) in [5.74, 6) is 0.523. The molecule has 0 bridgehead atoms. The number of hydrogen-bond donors (Lipinski definition) is 1. The molecule has 1 N–H and O–H groups in total. The lowest BCUT2D eigenvalue weighted by Crippen LogP contribution is -2.11. The number of rotatable bonds is 5. The van der Waals surface area contributed by atoms with Crippen molar-refractivity contribution in [3.8, 4) is 0 Å². The third-order valence-electron chi connectivity index (χ3n) is 1.74. The van der Waals surface area contributed by atoms with Crippen molar-refractivity contribution < 1.29 is 9.90 Å². The number of carbonyl (C=O) groups excluding carboxylic acids is 1. The fourth-order valence-corrected chi connectivity index (χ4v) is 0.838. The minimum Gasteiger partial charge on any atom is -0.393 e. The molecule has 0 aromatic heterocycles. The van der Waals surface area contributed by atoms with Crippen molar-refractivity contribution in [1.29, 1.82) is 0 Å². The predicted molar refractivity (Wildman–Crippen MR) is 40.8 cm³/mol. The molecule has 0 saturated heterocycles. The number of hydrogen-bond acceptors (Lipinski definition) is 2. The van der Waals surface area contributed by atoms with Gasteiger partial charge in [-0.25, -0.2) is 0 Å². The Hall–Kier alpha value is -0.370. The highest BCUT2D eigenvalue weighted by Gasteiger charge is 2.07. The van der Waals surface area contributed by atoms with Crippen molar-refractivity contribution in [3.63, 3.8) is 0 Å². The van der Waals surface area contributed by atoms with Gasteiger partial charge in [0.05, 0.1) is 6.10 Å². The van der Waals surface area contributed by atoms with Crippen molar-refractivity contribution in [2.75, 3.05) is 0 Å². The van der Waals surface area contributed by atoms with Crippen LogP contribution in [-0.2, 0) is 4.79 Å². The molecular formula is C8H16O2. The zero-order valence-electron chi connectivity index (χ0n) is 6.71. The van der Waals surface area contributed by atoms with Gasteiger partial charge in [0, 0.05) is 6.42 Å². The Morgan fingerprint density at radius 2 is 2.20 bits per heavy atom. The van der Waals surface area contributed by atoms with Gasteiger partial charge >= 0.3 is 0 Å². The topological polar surface area (TPSA) is 37.3 Å². The van der Waals surface area contributed by atoms with Crippen LogP contribution in [0.4, 0.5) is 0 Å². The predicted octanol–water partition coefficient (Wildman–Crippen LogP) is 1.37. The summed E-state index contributed by atoms with van der Waals surface area (Å²) in [4.78, 5) is 9.93. The number of aldehydes is 1. The molecule has 0 aromatic rings. The maximum Gasteiger partial charge on any atom is 0.122 e. The van der Waals surface area contributed by atoms with Crippen molar-refractivity contribution in [3.05, 3.63) is 0 Å². The van der Waals surface area contributed by atoms with Crippen LogP contribution in [-0.4, -0.2) is 17.5 Å². The first-order valence-corrected chi connectivity index (χ1v) is 3.82. The second-order valence-corrected chi connectivity index (χ2v) is 2.81. The maximum absolute atomic E-state index is 9.93. The monoisotopic (exact) mass is 144 g/mol. The second-order valence-electron chi connectivity index (χ2n) is 2.81. The normalized spacial score (nSPS) is 16.3. The summed E-state index contributed by atoms with van der Waals surface area (Å²) >= 11 is 0. The first-order chi connectivity index (χ1) is 4.70. The minimum absolute atomic E-state index is 0.282. The Morgan fingerprint density at radius 1 is 1.60 bits per heavy atom. The van der Waals surface area contributed by atoms with E-state index >= 15 is 0 Å². The van der Waals surface area contributed by atoms with Crippen LogP contribution in [0.1, 0.15) is 33.1 Å². The standard InChI is InChI=1S/C8H16O2/c1-3-7(2)6-8(10)4-5-9/h5,7-8,10H,3-4,6H2,1-2H3/t7-,8+/m0/s1. The van der Waals surface area contributed by atoms with Crippen LogP contribution in [0.5, 0.6) is 0 Å². The molecule has 0 aliphatic rings. The van der Waals surface area contributed by atoms with E-state index in [1.165, 1.54) is 0 Å². The van der Waals surface area contributed by atoms with E-state index in [-0.39, 0.29) is 6.42 Å². The quantitative estimate of drug-likeness (QED) is 0.592. The molecule has 0 amide bonds. The van der Waals surface area contributed by atoms with Gasteiger partial charge < -0.3 is 9.90 Å². The molecule has 0 aromatic carbocycles. The fraction of sp³-hybridized carbons (Fsp3) is 0.875. The number of aliphatic hydroxyl groups excluding tert-OH is 1. The third kappa shape index (κ3) is 4.50. The first kappa shape index (κ1) is 9.63. The van der Waals surface area contributed by atoms with E-state index in [2.05, 4.69) is 13.8 Å². The molecule has 0 aliphatic heterocycles. The van der Waals surface area contributed by atoms with Gasteiger partial charge in [-0.3, -0.25) is 0 Å². The Balaban J connectivity index is 3.35. The van der Waals surface area contributed by atoms with Crippen molar-refractivity contribution >= 4 is 6.29 Å². The molecule has 10 heavy (non-hydrogen) atoms. The summed E-state index contributed by atoms with van der Waals surface area (Å²) in [5.41, 5.74) is 0. The highest BCUT2D eigenvalue weighted by molar-refractivity contribution is 5.49. The molecule has 0 aliphatic carbocycles. The molecule has 0 unspecified atom stereocenters. The Labute approximate surface area is 62.2 Å². The van der Waals surface area contributed by atoms with Gasteiger partial charge in [0.1, 0.15) is 6.29 Å². The molecule has 60 valence electrons. The molecule has 2 heteroatoms. The van der Waals surface area contributed by atoms with E-state index in [0.717, 1.165) is 19.1 Å². The van der Waals surface area contributed by atoms with Crippen LogP contribution in [0.15, 0.2) is 0 Å². The highest BCUT2D eigenvalue weighted by atomic mass is 16.3. The Bertz CT molecular complexity index is 91.3. The van der Waals surface area contributed by atoms with Gasteiger partial charge in [-0.05, 0) is 12.3 Å². The van der Waals surface area contributed by atoms with Gasteiger partial charge in [0.25, 0.3) is 0 Å². The zero-order chi connectivity index (χ0) is 7.98. The van der Waals surface area contributed by atoms with Crippen LogP contribution in [0.25, 0.3) is 0 Å². The van der Waals surface area contributed by atoms with Crippen molar-refractivity contribution in [2.45, 2.75) is 39.2 Å². The van der Waals surface area contributed by atoms with E-state index in [0.29, 0.717) is 5.92 Å². The summed E-state index contributed by atoms with van der Waals surface area (Å²) in [6.07, 6.45) is 2.44. The Kier molecular flexibility index (Phi) is 5.22. The van der Waals surface area contributed by atoms with E-state index < -0.39 is 6.10 Å². The molecule has 0 spiro atoms. The summed E-state index contributed by atoms with van der Waals surface area (Å²) in [7, 11) is 0. The maximum atomic E-state index is 9.93. The molecule has 2 nitrogen and oxygen atoms in total. The first-order valence-electron chi connectivity index (χ1n) is 3.82. The fourth-order valence-electron chi connectivity index (χ4n) is 0.838. The molecular weight excluding hydrogens is 128 g/mol. The number of carbonyl (C=O) groups is 1. The molecule has 0 heterocycles. The lowest BCUT2D eigenvalue weighted by molar-refractivity contribution is -0.109. The molecule has 0 rings (SSSR count). The van der Waals surface area contributed by atoms with Gasteiger partial charge in [-0.2, -0.15) is 0 Å². The Morgan fingerprint density at radius 3 is 2.60 bits per heavy atom. The van der Waals surface area contributed by atoms with Gasteiger partial charge in [-0.15, -0.1) is 0 Å². The minimum atomic E-state index is -0.424. The largest absolute Gasteiger partial charge is 0.393 e. The van der Waals surface area contributed by atoms with Crippen LogP contribution >= 0.6 is 0 Å². The second kappa shape index (κ2) is 5.42. The van der Waals surface area contributed by atoms with E-state index in [4.69, 9.17) is 5.11 Å². The van der Waals surface area contributed by atoms with Crippen LogP contribution in [0, 0.1) is 5.92 Å². The van der Waals surface area contributed by atoms with Crippen LogP contribution < -0.4 is 0 Å². The van der Waals surface area contributed by atoms with Crippen LogP contribution in [0.3, 0.4) is 0 Å². The lowest BCUT2D eigenvalue weighted by Gasteiger charge is -2.11. The zero-order valence-corrected chi connectivity index (χ0v) is 6.71. The number of aliphatic hydroxyl groups is 1. The average molecular weight is 144 g/mol. The smallest absolute Gasteiger partial charge is 0.122 e. The average Bonchev–Trinajstić information content (AvgIpc) is 1.88. The SMILES string of the molecule is CC[C@H](C)C[C@H](O)CC=O. The van der Waals surface area contributed by atoms with Crippen molar-refractivity contribution in [1.82, 2.24) is 0 Å². The third-order valence-corrected chi connectivity index (χ3v) is 1.74. The molecule has 0 saturated carbocycles. The molecule has 2 atom stereocenters. The lowest BCUT2D eigenvalue weighted by atomic mass is 10.00. The van der Waals surface area contributed by atoms with E-state index in [1.54, 1.807) is 0 Å². The van der Waals surface area contributed by atoms with Crippen molar-refractivity contribution in [2.24, 2.45) is 5.92 Å². The summed E-state index contributed by atoms with van der Waals surface area (Å²) in [5, 5.41) is 9.12. The summed E-state index contributed by atoms with van der Waals surface area (Å²) in [6.45, 7) is 4.16. The molecule has 0 radical (unpaired) electrons. The van der Waals surface area contributed by atoms with Gasteiger partial charge in [0.2, 0.25) is 0 Å². The highest BCUT2D eigenvalue weighted by Crippen LogP contribution is 2.10. The van der Waals surface area contributed by atoms with Gasteiger partial charge in [-0.1, -0.05) is 20.3 Å². The summed E-state index contributed by atoms with van der Waals surface area (Å²) in [6, 6.07) is 0. The van der Waals surface area contributed by atoms with E-state index in [1.807, 2.05) is 0 Å². The van der Waals surface area contributed by atoms with Crippen LogP contribution in [0.2, 0.25) is 0 Å². The van der Waals surface area contributed by atoms with Gasteiger partial charge in [0.15, 0.2) is 0 Å².